The Hall–Kier alpha value is -2.22. The Balaban J connectivity index is 0.000000445. The van der Waals surface area contributed by atoms with Gasteiger partial charge in [-0.3, -0.25) is 4.79 Å². The van der Waals surface area contributed by atoms with Crippen LogP contribution in [-0.2, 0) is 14.3 Å². The predicted octanol–water partition coefficient (Wildman–Crippen LogP) is 2.90. The van der Waals surface area contributed by atoms with Crippen molar-refractivity contribution in [2.45, 2.75) is 46.3 Å². The van der Waals surface area contributed by atoms with Crippen LogP contribution in [0.5, 0.6) is 0 Å². The number of halogens is 2. The molecule has 0 amide bonds. The van der Waals surface area contributed by atoms with Crippen molar-refractivity contribution in [2.24, 2.45) is 0 Å². The molecule has 1 aliphatic rings. The summed E-state index contributed by atoms with van der Waals surface area (Å²) in [5.41, 5.74) is -0.498. The molecule has 1 aromatic carbocycles. The van der Waals surface area contributed by atoms with Gasteiger partial charge in [0.1, 0.15) is 5.60 Å². The maximum atomic E-state index is 14.1. The molecule has 0 spiro atoms. The van der Waals surface area contributed by atoms with Gasteiger partial charge in [-0.25, -0.2) is 13.6 Å². The second-order valence-corrected chi connectivity index (χ2v) is 7.11. The van der Waals surface area contributed by atoms with Gasteiger partial charge in [-0.05, 0) is 46.8 Å². The molecular weight excluding hydrogens is 358 g/mol. The normalized spacial score (nSPS) is 16.9. The minimum absolute atomic E-state index is 0.122. The van der Waals surface area contributed by atoms with Gasteiger partial charge < -0.3 is 19.7 Å². The van der Waals surface area contributed by atoms with Gasteiger partial charge in [0.2, 0.25) is 0 Å². The molecule has 0 aromatic heterocycles. The third-order valence-electron chi connectivity index (χ3n) is 3.67. The number of nitrogens with one attached hydrogen (secondary N) is 1. The van der Waals surface area contributed by atoms with Crippen LogP contribution in [0.15, 0.2) is 12.1 Å². The Kier molecular flexibility index (Phi) is 8.62. The van der Waals surface area contributed by atoms with Crippen LogP contribution in [-0.4, -0.2) is 50.3 Å². The van der Waals surface area contributed by atoms with E-state index in [2.05, 4.69) is 10.1 Å². The van der Waals surface area contributed by atoms with Gasteiger partial charge in [0.15, 0.2) is 11.6 Å². The Morgan fingerprint density at radius 2 is 2.00 bits per heavy atom. The first-order chi connectivity index (χ1) is 12.6. The van der Waals surface area contributed by atoms with E-state index in [1.54, 1.807) is 11.8 Å². The maximum Gasteiger partial charge on any atom is 0.341 e. The molecule has 1 N–H and O–H groups in total. The monoisotopic (exact) mass is 386 g/mol. The number of benzene rings is 1. The third-order valence-corrected chi connectivity index (χ3v) is 3.67. The van der Waals surface area contributed by atoms with E-state index >= 15 is 0 Å². The maximum absolute atomic E-state index is 14.1. The van der Waals surface area contributed by atoms with E-state index in [-0.39, 0.29) is 29.5 Å². The van der Waals surface area contributed by atoms with Gasteiger partial charge in [0.25, 0.3) is 6.47 Å². The molecule has 0 aliphatic carbocycles. The number of hydrogen-bond acceptors (Lipinski definition) is 6. The predicted molar refractivity (Wildman–Crippen MR) is 98.9 cm³/mol. The number of anilines is 1. The molecule has 2 rings (SSSR count). The van der Waals surface area contributed by atoms with Gasteiger partial charge >= 0.3 is 5.97 Å². The summed E-state index contributed by atoms with van der Waals surface area (Å²) >= 11 is 0. The average Bonchev–Trinajstić information content (AvgIpc) is 2.57. The van der Waals surface area contributed by atoms with Crippen molar-refractivity contribution in [2.75, 3.05) is 31.1 Å². The lowest BCUT2D eigenvalue weighted by Gasteiger charge is -2.33. The highest BCUT2D eigenvalue weighted by Gasteiger charge is 2.24. The number of nitrogens with zero attached hydrogens (tertiary/aromatic N) is 1. The van der Waals surface area contributed by atoms with Crippen molar-refractivity contribution in [3.63, 3.8) is 0 Å². The zero-order valence-electron chi connectivity index (χ0n) is 16.5. The van der Waals surface area contributed by atoms with E-state index in [9.17, 15) is 18.4 Å². The van der Waals surface area contributed by atoms with Crippen molar-refractivity contribution < 1.29 is 27.8 Å². The zero-order chi connectivity index (χ0) is 20.6. The van der Waals surface area contributed by atoms with Crippen LogP contribution in [0.4, 0.5) is 14.5 Å². The lowest BCUT2D eigenvalue weighted by Crippen LogP contribution is -2.49. The van der Waals surface area contributed by atoms with Crippen LogP contribution < -0.4 is 10.2 Å². The van der Waals surface area contributed by atoms with Crippen LogP contribution in [0, 0.1) is 11.6 Å². The van der Waals surface area contributed by atoms with Crippen LogP contribution in [0.2, 0.25) is 0 Å². The van der Waals surface area contributed by atoms with Crippen molar-refractivity contribution in [1.29, 1.82) is 0 Å². The van der Waals surface area contributed by atoms with Gasteiger partial charge in [-0.15, -0.1) is 0 Å². The number of hydrogen-bond donors (Lipinski definition) is 1. The fourth-order valence-electron chi connectivity index (χ4n) is 2.45. The van der Waals surface area contributed by atoms with E-state index < -0.39 is 17.6 Å². The minimum atomic E-state index is -1.15. The highest BCUT2D eigenvalue weighted by Crippen LogP contribution is 2.25. The number of piperazine rings is 1. The quantitative estimate of drug-likeness (QED) is 0.634. The second kappa shape index (κ2) is 10.2. The largest absolute Gasteiger partial charge is 0.462 e. The van der Waals surface area contributed by atoms with E-state index in [1.165, 1.54) is 12.1 Å². The Morgan fingerprint density at radius 1 is 1.33 bits per heavy atom. The fraction of sp³-hybridized carbons (Fsp3) is 0.579. The average molecular weight is 386 g/mol. The molecule has 1 aromatic rings. The number of carbonyl (C=O) groups excluding carboxylic acids is 2. The summed E-state index contributed by atoms with van der Waals surface area (Å²) in [6.45, 7) is 11.5. The summed E-state index contributed by atoms with van der Waals surface area (Å²) in [7, 11) is 0. The molecule has 0 radical (unpaired) electrons. The Bertz CT molecular complexity index is 647. The minimum Gasteiger partial charge on any atom is -0.462 e. The highest BCUT2D eigenvalue weighted by atomic mass is 19.2. The van der Waals surface area contributed by atoms with Crippen LogP contribution in [0.25, 0.3) is 0 Å². The summed E-state index contributed by atoms with van der Waals surface area (Å²) in [6, 6.07) is 2.91. The zero-order valence-corrected chi connectivity index (χ0v) is 16.5. The number of ether oxygens (including phenoxy) is 2. The standard InChI is InChI=1S/C14H18F2N2O2.C5H10O2/c1-3-20-14(19)10-4-5-11(13(16)12(10)15)18-7-6-17-9(2)8-18;1-5(2,3)7-4-6/h4-5,9,17H,3,6-8H2,1-2H3;4H,1-3H3. The summed E-state index contributed by atoms with van der Waals surface area (Å²) in [5.74, 6) is -2.99. The van der Waals surface area contributed by atoms with E-state index in [0.717, 1.165) is 0 Å². The van der Waals surface area contributed by atoms with Gasteiger partial charge in [0, 0.05) is 25.7 Å². The third kappa shape index (κ3) is 7.13. The number of rotatable bonds is 4. The Labute approximate surface area is 158 Å². The van der Waals surface area contributed by atoms with Gasteiger partial charge in [-0.2, -0.15) is 0 Å². The molecular formula is C19H28F2N2O4. The van der Waals surface area contributed by atoms with E-state index in [4.69, 9.17) is 4.74 Å². The molecule has 27 heavy (non-hydrogen) atoms. The molecule has 1 saturated heterocycles. The lowest BCUT2D eigenvalue weighted by atomic mass is 10.1. The smallest absolute Gasteiger partial charge is 0.341 e. The first-order valence-electron chi connectivity index (χ1n) is 8.85. The van der Waals surface area contributed by atoms with Crippen molar-refractivity contribution in [3.05, 3.63) is 29.3 Å². The van der Waals surface area contributed by atoms with Gasteiger partial charge in [-0.1, -0.05) is 0 Å². The van der Waals surface area contributed by atoms with Crippen molar-refractivity contribution in [1.82, 2.24) is 5.32 Å². The molecule has 1 heterocycles. The van der Waals surface area contributed by atoms with Crippen LogP contribution >= 0.6 is 0 Å². The lowest BCUT2D eigenvalue weighted by molar-refractivity contribution is -0.138. The summed E-state index contributed by atoms with van der Waals surface area (Å²) in [6.07, 6.45) is 0. The number of esters is 1. The fourth-order valence-corrected chi connectivity index (χ4v) is 2.45. The molecule has 1 unspecified atom stereocenters. The molecule has 152 valence electrons. The molecule has 6 nitrogen and oxygen atoms in total. The SMILES string of the molecule is CC(C)(C)OC=O.CCOC(=O)c1ccc(N2CCNC(C)C2)c(F)c1F. The van der Waals surface area contributed by atoms with E-state index in [1.807, 2.05) is 27.7 Å². The number of carbonyl (C=O) groups is 2. The molecule has 8 heteroatoms. The summed E-state index contributed by atoms with van der Waals surface area (Å²) < 4.78 is 37.3. The van der Waals surface area contributed by atoms with Crippen molar-refractivity contribution in [3.8, 4) is 0 Å². The molecule has 1 fully saturated rings. The van der Waals surface area contributed by atoms with Gasteiger partial charge in [0.05, 0.1) is 17.9 Å². The molecule has 0 saturated carbocycles. The van der Waals surface area contributed by atoms with Crippen LogP contribution in [0.1, 0.15) is 45.0 Å². The highest BCUT2D eigenvalue weighted by molar-refractivity contribution is 5.90. The first-order valence-corrected chi connectivity index (χ1v) is 8.85. The van der Waals surface area contributed by atoms with Crippen molar-refractivity contribution >= 4 is 18.1 Å². The molecule has 0 bridgehead atoms. The second-order valence-electron chi connectivity index (χ2n) is 7.11. The molecule has 1 aliphatic heterocycles. The van der Waals surface area contributed by atoms with Crippen LogP contribution in [0.3, 0.4) is 0 Å². The summed E-state index contributed by atoms with van der Waals surface area (Å²) in [4.78, 5) is 22.9. The topological polar surface area (TPSA) is 67.9 Å². The Morgan fingerprint density at radius 3 is 2.48 bits per heavy atom. The first kappa shape index (κ1) is 22.8. The summed E-state index contributed by atoms with van der Waals surface area (Å²) in [5, 5.41) is 3.23. The van der Waals surface area contributed by atoms with E-state index in [0.29, 0.717) is 26.1 Å². The molecule has 1 atom stereocenters.